The fourth-order valence-corrected chi connectivity index (χ4v) is 4.28. The van der Waals surface area contributed by atoms with Gasteiger partial charge in [0, 0.05) is 47.7 Å². The lowest BCUT2D eigenvalue weighted by Gasteiger charge is -2.30. The van der Waals surface area contributed by atoms with Crippen LogP contribution in [0, 0.1) is 5.92 Å². The van der Waals surface area contributed by atoms with Crippen molar-refractivity contribution < 1.29 is 23.5 Å². The monoisotopic (exact) mass is 448 g/mol. The Kier molecular flexibility index (Phi) is 6.40. The van der Waals surface area contributed by atoms with Crippen molar-refractivity contribution in [3.63, 3.8) is 0 Å². The SMILES string of the molecule is COc1cccc(-c2coc3cc(OC)c(/C(C)=C/C(=O)N4CCC(C(N)=O)CC4)cc23)c1. The number of fused-ring (bicyclic) bond motifs is 1. The summed E-state index contributed by atoms with van der Waals surface area (Å²) >= 11 is 0. The van der Waals surface area contributed by atoms with Gasteiger partial charge in [0.05, 0.1) is 20.5 Å². The molecule has 2 aromatic carbocycles. The molecule has 2 N–H and O–H groups in total. The predicted molar refractivity (Wildman–Crippen MR) is 127 cm³/mol. The van der Waals surface area contributed by atoms with Gasteiger partial charge in [0.2, 0.25) is 11.8 Å². The third-order valence-corrected chi connectivity index (χ3v) is 6.25. The van der Waals surface area contributed by atoms with Gasteiger partial charge in [-0.15, -0.1) is 0 Å². The van der Waals surface area contributed by atoms with Crippen molar-refractivity contribution >= 4 is 28.4 Å². The molecule has 1 aliphatic heterocycles. The molecule has 1 fully saturated rings. The summed E-state index contributed by atoms with van der Waals surface area (Å²) in [6, 6.07) is 11.6. The zero-order valence-electron chi connectivity index (χ0n) is 19.1. The summed E-state index contributed by atoms with van der Waals surface area (Å²) in [5, 5.41) is 0.918. The number of hydrogen-bond donors (Lipinski definition) is 1. The van der Waals surface area contributed by atoms with Crippen LogP contribution in [0.15, 0.2) is 53.2 Å². The molecule has 0 radical (unpaired) electrons. The number of rotatable bonds is 6. The average Bonchev–Trinajstić information content (AvgIpc) is 3.26. The molecule has 1 saturated heterocycles. The van der Waals surface area contributed by atoms with Crippen LogP contribution in [0.2, 0.25) is 0 Å². The second kappa shape index (κ2) is 9.40. The summed E-state index contributed by atoms with van der Waals surface area (Å²) < 4.78 is 16.8. The number of nitrogens with two attached hydrogens (primary N) is 1. The van der Waals surface area contributed by atoms with Crippen molar-refractivity contribution in [2.24, 2.45) is 11.7 Å². The Morgan fingerprint density at radius 2 is 1.88 bits per heavy atom. The van der Waals surface area contributed by atoms with Gasteiger partial charge in [0.25, 0.3) is 0 Å². The molecule has 2 heterocycles. The molecule has 2 amide bonds. The number of ether oxygens (including phenoxy) is 2. The first-order valence-corrected chi connectivity index (χ1v) is 10.9. The minimum absolute atomic E-state index is 0.0854. The standard InChI is InChI=1S/C26H28N2O5/c1-16(11-25(29)28-9-7-17(8-10-28)26(27)30)20-13-21-22(15-33-24(21)14-23(20)32-3)18-5-4-6-19(12-18)31-2/h4-6,11-15,17H,7-10H2,1-3H3,(H2,27,30)/b16-11+. The van der Waals surface area contributed by atoms with Gasteiger partial charge in [-0.25, -0.2) is 0 Å². The molecule has 0 aliphatic carbocycles. The number of likely N-dealkylation sites (tertiary alicyclic amines) is 1. The van der Waals surface area contributed by atoms with E-state index in [1.165, 1.54) is 0 Å². The highest BCUT2D eigenvalue weighted by atomic mass is 16.5. The Bertz CT molecular complexity index is 1220. The predicted octanol–water partition coefficient (Wildman–Crippen LogP) is 4.24. The molecule has 7 nitrogen and oxygen atoms in total. The zero-order chi connectivity index (χ0) is 23.5. The molecule has 1 aromatic heterocycles. The Morgan fingerprint density at radius 1 is 1.12 bits per heavy atom. The molecular weight excluding hydrogens is 420 g/mol. The molecule has 0 spiro atoms. The number of methoxy groups -OCH3 is 2. The van der Waals surface area contributed by atoms with Crippen LogP contribution in [-0.2, 0) is 9.59 Å². The highest BCUT2D eigenvalue weighted by molar-refractivity contribution is 6.00. The maximum atomic E-state index is 12.9. The van der Waals surface area contributed by atoms with E-state index < -0.39 is 0 Å². The Labute approximate surface area is 192 Å². The molecule has 4 rings (SSSR count). The number of primary amides is 1. The summed E-state index contributed by atoms with van der Waals surface area (Å²) in [7, 11) is 3.23. The highest BCUT2D eigenvalue weighted by Gasteiger charge is 2.25. The molecule has 1 aliphatic rings. The molecule has 7 heteroatoms. The first-order valence-electron chi connectivity index (χ1n) is 10.9. The summed E-state index contributed by atoms with van der Waals surface area (Å²) in [6.45, 7) is 2.94. The van der Waals surface area contributed by atoms with E-state index in [-0.39, 0.29) is 17.7 Å². The average molecular weight is 449 g/mol. The zero-order valence-corrected chi connectivity index (χ0v) is 19.1. The number of hydrogen-bond acceptors (Lipinski definition) is 5. The summed E-state index contributed by atoms with van der Waals surface area (Å²) in [5.74, 6) is 0.856. The number of allylic oxidation sites excluding steroid dienone is 1. The van der Waals surface area contributed by atoms with Crippen LogP contribution in [0.1, 0.15) is 25.3 Å². The van der Waals surface area contributed by atoms with Crippen molar-refractivity contribution in [2.45, 2.75) is 19.8 Å². The summed E-state index contributed by atoms with van der Waals surface area (Å²) in [5.41, 5.74) is 9.60. The Hall–Kier alpha value is -3.74. The third-order valence-electron chi connectivity index (χ3n) is 6.25. The van der Waals surface area contributed by atoms with E-state index in [4.69, 9.17) is 19.6 Å². The quantitative estimate of drug-likeness (QED) is 0.569. The molecule has 0 saturated carbocycles. The topological polar surface area (TPSA) is 95.0 Å². The van der Waals surface area contributed by atoms with Crippen LogP contribution >= 0.6 is 0 Å². The first-order chi connectivity index (χ1) is 15.9. The minimum Gasteiger partial charge on any atom is -0.497 e. The van der Waals surface area contributed by atoms with E-state index in [1.54, 1.807) is 31.5 Å². The molecule has 3 aromatic rings. The molecule has 0 unspecified atom stereocenters. The van der Waals surface area contributed by atoms with E-state index in [2.05, 4.69) is 0 Å². The molecule has 0 bridgehead atoms. The lowest BCUT2D eigenvalue weighted by molar-refractivity contribution is -0.130. The maximum absolute atomic E-state index is 12.9. The van der Waals surface area contributed by atoms with Crippen molar-refractivity contribution in [3.05, 3.63) is 54.3 Å². The lowest BCUT2D eigenvalue weighted by Crippen LogP contribution is -2.41. The Morgan fingerprint density at radius 3 is 2.55 bits per heavy atom. The van der Waals surface area contributed by atoms with E-state index in [0.717, 1.165) is 33.4 Å². The first kappa shape index (κ1) is 22.5. The van der Waals surface area contributed by atoms with E-state index in [1.807, 2.05) is 43.3 Å². The van der Waals surface area contributed by atoms with Crippen LogP contribution in [0.4, 0.5) is 0 Å². The number of nitrogens with zero attached hydrogens (tertiary/aromatic N) is 1. The number of amides is 2. The van der Waals surface area contributed by atoms with E-state index >= 15 is 0 Å². The largest absolute Gasteiger partial charge is 0.497 e. The van der Waals surface area contributed by atoms with Gasteiger partial charge in [-0.3, -0.25) is 9.59 Å². The number of piperidine rings is 1. The lowest BCUT2D eigenvalue weighted by atomic mass is 9.96. The third kappa shape index (κ3) is 4.58. The van der Waals surface area contributed by atoms with Gasteiger partial charge in [-0.1, -0.05) is 12.1 Å². The van der Waals surface area contributed by atoms with Gasteiger partial charge >= 0.3 is 0 Å². The van der Waals surface area contributed by atoms with Crippen molar-refractivity contribution in [2.75, 3.05) is 27.3 Å². The Balaban J connectivity index is 1.66. The van der Waals surface area contributed by atoms with Crippen LogP contribution < -0.4 is 15.2 Å². The molecule has 172 valence electrons. The van der Waals surface area contributed by atoms with Gasteiger partial charge < -0.3 is 24.5 Å². The van der Waals surface area contributed by atoms with Crippen LogP contribution in [0.3, 0.4) is 0 Å². The number of benzene rings is 2. The summed E-state index contributed by atoms with van der Waals surface area (Å²) in [4.78, 5) is 26.0. The minimum atomic E-state index is -0.293. The van der Waals surface area contributed by atoms with Gasteiger partial charge in [-0.05, 0) is 49.1 Å². The molecule has 33 heavy (non-hydrogen) atoms. The number of carbonyl (C=O) groups excluding carboxylic acids is 2. The fraction of sp³-hybridized carbons (Fsp3) is 0.308. The van der Waals surface area contributed by atoms with Gasteiger partial charge in [-0.2, -0.15) is 0 Å². The summed E-state index contributed by atoms with van der Waals surface area (Å²) in [6.07, 6.45) is 4.54. The molecule has 0 atom stereocenters. The van der Waals surface area contributed by atoms with E-state index in [9.17, 15) is 9.59 Å². The van der Waals surface area contributed by atoms with Gasteiger partial charge in [0.1, 0.15) is 17.1 Å². The molecular formula is C26H28N2O5. The number of carbonyl (C=O) groups is 2. The van der Waals surface area contributed by atoms with E-state index in [0.29, 0.717) is 37.3 Å². The normalized spacial score (nSPS) is 15.0. The van der Waals surface area contributed by atoms with Crippen LogP contribution in [0.25, 0.3) is 27.7 Å². The van der Waals surface area contributed by atoms with Crippen molar-refractivity contribution in [3.8, 4) is 22.6 Å². The second-order valence-electron chi connectivity index (χ2n) is 8.26. The highest BCUT2D eigenvalue weighted by Crippen LogP contribution is 2.38. The maximum Gasteiger partial charge on any atom is 0.246 e. The van der Waals surface area contributed by atoms with Crippen molar-refractivity contribution in [1.29, 1.82) is 0 Å². The van der Waals surface area contributed by atoms with Gasteiger partial charge in [0.15, 0.2) is 0 Å². The van der Waals surface area contributed by atoms with Crippen LogP contribution in [-0.4, -0.2) is 44.0 Å². The van der Waals surface area contributed by atoms with Crippen molar-refractivity contribution in [1.82, 2.24) is 4.90 Å². The smallest absolute Gasteiger partial charge is 0.246 e. The van der Waals surface area contributed by atoms with Crippen LogP contribution in [0.5, 0.6) is 11.5 Å². The number of furan rings is 1. The fourth-order valence-electron chi connectivity index (χ4n) is 4.28. The second-order valence-corrected chi connectivity index (χ2v) is 8.26.